The van der Waals surface area contributed by atoms with Gasteiger partial charge in [0.15, 0.2) is 0 Å². The highest BCUT2D eigenvalue weighted by Gasteiger charge is 2.26. The normalized spacial score (nSPS) is 16.8. The van der Waals surface area contributed by atoms with Gasteiger partial charge < -0.3 is 4.90 Å². The van der Waals surface area contributed by atoms with Crippen molar-refractivity contribution in [2.75, 3.05) is 20.6 Å². The van der Waals surface area contributed by atoms with E-state index in [1.807, 2.05) is 17.8 Å². The maximum absolute atomic E-state index is 6.35. The molecule has 0 fully saturated rings. The molecule has 1 heterocycles. The van der Waals surface area contributed by atoms with Crippen LogP contribution in [0.4, 0.5) is 0 Å². The predicted molar refractivity (Wildman–Crippen MR) is 128 cm³/mol. The Bertz CT molecular complexity index is 958. The smallest absolute Gasteiger partial charge is 0.0409 e. The van der Waals surface area contributed by atoms with E-state index >= 15 is 0 Å². The van der Waals surface area contributed by atoms with Crippen molar-refractivity contribution in [2.24, 2.45) is 0 Å². The van der Waals surface area contributed by atoms with E-state index in [0.29, 0.717) is 10.5 Å². The molecule has 0 saturated heterocycles. The van der Waals surface area contributed by atoms with Crippen LogP contribution in [0, 0.1) is 0 Å². The molecule has 3 aromatic rings. The lowest BCUT2D eigenvalue weighted by atomic mass is 10.0. The zero-order valence-electron chi connectivity index (χ0n) is 16.8. The van der Waals surface area contributed by atoms with E-state index in [2.05, 4.69) is 97.5 Å². The van der Waals surface area contributed by atoms with Crippen LogP contribution < -0.4 is 0 Å². The molecule has 1 nitrogen and oxygen atoms in total. The minimum atomic E-state index is 0.408. The van der Waals surface area contributed by atoms with Gasteiger partial charge in [-0.05, 0) is 74.4 Å². The van der Waals surface area contributed by atoms with E-state index in [1.54, 1.807) is 0 Å². The van der Waals surface area contributed by atoms with Gasteiger partial charge in [0.25, 0.3) is 0 Å². The zero-order chi connectivity index (χ0) is 20.2. The van der Waals surface area contributed by atoms with Gasteiger partial charge in [-0.3, -0.25) is 0 Å². The monoisotopic (exact) mass is 439 g/mol. The molecule has 0 aromatic heterocycles. The van der Waals surface area contributed by atoms with Gasteiger partial charge in [0.1, 0.15) is 0 Å². The number of hydrogen-bond acceptors (Lipinski definition) is 3. The van der Waals surface area contributed by atoms with Crippen molar-refractivity contribution in [3.05, 3.63) is 94.5 Å². The second-order valence-corrected chi connectivity index (χ2v) is 10.6. The number of thioether (sulfide) groups is 1. The molecule has 29 heavy (non-hydrogen) atoms. The summed E-state index contributed by atoms with van der Waals surface area (Å²) in [5.41, 5.74) is 4.22. The Morgan fingerprint density at radius 3 is 2.55 bits per heavy atom. The molecule has 0 amide bonds. The molecule has 0 aliphatic carbocycles. The second-order valence-electron chi connectivity index (χ2n) is 7.71. The summed E-state index contributed by atoms with van der Waals surface area (Å²) in [5.74, 6) is 0. The van der Waals surface area contributed by atoms with Crippen molar-refractivity contribution in [3.8, 4) is 0 Å². The average molecular weight is 440 g/mol. The first-order valence-corrected chi connectivity index (χ1v) is 12.1. The Hall–Kier alpha value is -1.39. The molecule has 0 bridgehead atoms. The van der Waals surface area contributed by atoms with Crippen molar-refractivity contribution in [2.45, 2.75) is 33.1 Å². The van der Waals surface area contributed by atoms with Gasteiger partial charge in [0.05, 0.1) is 0 Å². The van der Waals surface area contributed by atoms with Crippen LogP contribution in [0.2, 0.25) is 5.02 Å². The molecule has 2 unspecified atom stereocenters. The highest BCUT2D eigenvalue weighted by Crippen LogP contribution is 2.50. The van der Waals surface area contributed by atoms with Crippen molar-refractivity contribution in [1.29, 1.82) is 0 Å². The van der Waals surface area contributed by atoms with Crippen LogP contribution in [-0.2, 0) is 6.42 Å². The van der Waals surface area contributed by atoms with Crippen LogP contribution in [0.1, 0.15) is 33.6 Å². The SMILES string of the molecule is CN(C)CCC(SC1Cc2cc(Cl)ccc2Sc2ccccc21)c1ccccc1. The number of benzene rings is 3. The lowest BCUT2D eigenvalue weighted by Gasteiger charge is -2.25. The van der Waals surface area contributed by atoms with E-state index < -0.39 is 0 Å². The zero-order valence-corrected chi connectivity index (χ0v) is 19.2. The van der Waals surface area contributed by atoms with Crippen LogP contribution in [0.25, 0.3) is 0 Å². The fourth-order valence-electron chi connectivity index (χ4n) is 3.75. The lowest BCUT2D eigenvalue weighted by molar-refractivity contribution is 0.398. The first-order valence-electron chi connectivity index (χ1n) is 10.0. The first-order chi connectivity index (χ1) is 14.1. The van der Waals surface area contributed by atoms with E-state index in [0.717, 1.165) is 24.4 Å². The van der Waals surface area contributed by atoms with Crippen molar-refractivity contribution in [3.63, 3.8) is 0 Å². The molecule has 1 aliphatic heterocycles. The van der Waals surface area contributed by atoms with Crippen LogP contribution in [-0.4, -0.2) is 25.5 Å². The summed E-state index contributed by atoms with van der Waals surface area (Å²) >= 11 is 10.3. The van der Waals surface area contributed by atoms with Gasteiger partial charge in [0, 0.05) is 25.3 Å². The van der Waals surface area contributed by atoms with Crippen LogP contribution in [0.5, 0.6) is 0 Å². The highest BCUT2D eigenvalue weighted by atomic mass is 35.5. The summed E-state index contributed by atoms with van der Waals surface area (Å²) in [4.78, 5) is 4.97. The molecular weight excluding hydrogens is 414 g/mol. The third-order valence-corrected chi connectivity index (χ3v) is 8.28. The molecule has 2 atom stereocenters. The maximum Gasteiger partial charge on any atom is 0.0409 e. The Kier molecular flexibility index (Phi) is 6.92. The Morgan fingerprint density at radius 2 is 1.76 bits per heavy atom. The van der Waals surface area contributed by atoms with Crippen LogP contribution in [0.15, 0.2) is 82.6 Å². The van der Waals surface area contributed by atoms with Gasteiger partial charge >= 0.3 is 0 Å². The van der Waals surface area contributed by atoms with E-state index in [-0.39, 0.29) is 0 Å². The standard InChI is InChI=1S/C25H26ClNS2/c1-27(2)15-14-23(18-8-4-3-5-9-18)29-25-17-19-16-20(26)12-13-22(19)28-24-11-7-6-10-21(24)25/h3-13,16,23,25H,14-15,17H2,1-2H3. The van der Waals surface area contributed by atoms with Crippen molar-refractivity contribution >= 4 is 35.1 Å². The van der Waals surface area contributed by atoms with Gasteiger partial charge in [-0.15, -0.1) is 11.8 Å². The van der Waals surface area contributed by atoms with Gasteiger partial charge in [-0.2, -0.15) is 0 Å². The lowest BCUT2D eigenvalue weighted by Crippen LogP contribution is -2.16. The largest absolute Gasteiger partial charge is 0.309 e. The number of hydrogen-bond donors (Lipinski definition) is 0. The molecule has 0 saturated carbocycles. The molecular formula is C25H26ClNS2. The van der Waals surface area contributed by atoms with Gasteiger partial charge in [0.2, 0.25) is 0 Å². The van der Waals surface area contributed by atoms with Crippen LogP contribution in [0.3, 0.4) is 0 Å². The molecule has 3 aromatic carbocycles. The van der Waals surface area contributed by atoms with Crippen molar-refractivity contribution < 1.29 is 0 Å². The molecule has 0 N–H and O–H groups in total. The minimum absolute atomic E-state index is 0.408. The number of halogens is 1. The molecule has 1 aliphatic rings. The summed E-state index contributed by atoms with van der Waals surface area (Å²) < 4.78 is 0. The Morgan fingerprint density at radius 1 is 1.00 bits per heavy atom. The summed E-state index contributed by atoms with van der Waals surface area (Å²) in [5, 5.41) is 1.69. The fraction of sp³-hybridized carbons (Fsp3) is 0.280. The maximum atomic E-state index is 6.35. The number of fused-ring (bicyclic) bond motifs is 2. The van der Waals surface area contributed by atoms with Gasteiger partial charge in [-0.1, -0.05) is 71.9 Å². The topological polar surface area (TPSA) is 3.24 Å². The van der Waals surface area contributed by atoms with E-state index in [9.17, 15) is 0 Å². The average Bonchev–Trinajstić information content (AvgIpc) is 2.88. The van der Waals surface area contributed by atoms with Gasteiger partial charge in [-0.25, -0.2) is 0 Å². The Balaban J connectivity index is 1.69. The molecule has 4 heteroatoms. The number of rotatable bonds is 6. The first kappa shape index (κ1) is 20.9. The molecule has 4 rings (SSSR count). The summed E-state index contributed by atoms with van der Waals surface area (Å²) in [6.45, 7) is 1.08. The van der Waals surface area contributed by atoms with E-state index in [4.69, 9.17) is 11.6 Å². The van der Waals surface area contributed by atoms with Crippen LogP contribution >= 0.6 is 35.1 Å². The highest BCUT2D eigenvalue weighted by molar-refractivity contribution is 8.00. The minimum Gasteiger partial charge on any atom is -0.309 e. The molecule has 0 radical (unpaired) electrons. The summed E-state index contributed by atoms with van der Waals surface area (Å²) in [6.07, 6.45) is 2.14. The summed E-state index contributed by atoms with van der Waals surface area (Å²) in [6, 6.07) is 26.2. The van der Waals surface area contributed by atoms with E-state index in [1.165, 1.54) is 26.5 Å². The quantitative estimate of drug-likeness (QED) is 0.391. The molecule has 150 valence electrons. The third-order valence-electron chi connectivity index (χ3n) is 5.25. The number of nitrogens with zero attached hydrogens (tertiary/aromatic N) is 1. The third kappa shape index (κ3) is 5.21. The van der Waals surface area contributed by atoms with Crippen molar-refractivity contribution in [1.82, 2.24) is 4.90 Å². The fourth-order valence-corrected chi connectivity index (χ4v) is 6.72. The Labute approximate surface area is 187 Å². The second kappa shape index (κ2) is 9.61. The summed E-state index contributed by atoms with van der Waals surface area (Å²) in [7, 11) is 4.31. The molecule has 0 spiro atoms. The predicted octanol–water partition coefficient (Wildman–Crippen LogP) is 7.51.